The van der Waals surface area contributed by atoms with Crippen LogP contribution in [0.25, 0.3) is 0 Å². The van der Waals surface area contributed by atoms with Gasteiger partial charge in [0, 0.05) is 57.2 Å². The topological polar surface area (TPSA) is 83.0 Å². The van der Waals surface area contributed by atoms with Crippen LogP contribution in [0.3, 0.4) is 0 Å². The first-order valence-corrected chi connectivity index (χ1v) is 11.2. The number of benzene rings is 1. The smallest absolute Gasteiger partial charge is 0.337 e. The first-order valence-electron chi connectivity index (χ1n) is 10.4. The molecule has 1 aliphatic heterocycles. The summed E-state index contributed by atoms with van der Waals surface area (Å²) in [7, 11) is 1.39. The van der Waals surface area contributed by atoms with Gasteiger partial charge in [0.1, 0.15) is 5.82 Å². The summed E-state index contributed by atoms with van der Waals surface area (Å²) in [6.07, 6.45) is 1.69. The minimum atomic E-state index is -0.312. The summed E-state index contributed by atoms with van der Waals surface area (Å²) in [6, 6.07) is 7.51. The lowest BCUT2D eigenvalue weighted by Crippen LogP contribution is -2.52. The van der Waals surface area contributed by atoms with E-state index in [0.717, 1.165) is 68.0 Å². The number of rotatable bonds is 7. The predicted octanol–water partition coefficient (Wildman–Crippen LogP) is 2.22. The van der Waals surface area contributed by atoms with Crippen molar-refractivity contribution in [3.8, 4) is 0 Å². The molecular formula is C21H30N6O2S. The van der Waals surface area contributed by atoms with Crippen LogP contribution in [0.1, 0.15) is 35.6 Å². The molecule has 2 heterocycles. The van der Waals surface area contributed by atoms with Crippen LogP contribution in [0.5, 0.6) is 0 Å². The first kappa shape index (κ1) is 22.0. The van der Waals surface area contributed by atoms with Gasteiger partial charge in [0.2, 0.25) is 5.13 Å². The lowest BCUT2D eigenvalue weighted by atomic mass is 10.1. The highest BCUT2D eigenvalue weighted by Gasteiger charge is 2.22. The molecule has 1 aromatic heterocycles. The normalized spacial score (nSPS) is 14.7. The van der Waals surface area contributed by atoms with Crippen molar-refractivity contribution in [1.82, 2.24) is 19.6 Å². The molecule has 1 fully saturated rings. The maximum absolute atomic E-state index is 11.5. The highest BCUT2D eigenvalue weighted by Crippen LogP contribution is 2.19. The van der Waals surface area contributed by atoms with Crippen LogP contribution >= 0.6 is 11.5 Å². The van der Waals surface area contributed by atoms with Gasteiger partial charge < -0.3 is 19.9 Å². The number of carbonyl (C=O) groups excluding carboxylic acids is 1. The van der Waals surface area contributed by atoms with E-state index in [9.17, 15) is 4.79 Å². The van der Waals surface area contributed by atoms with Crippen molar-refractivity contribution >= 4 is 28.6 Å². The predicted molar refractivity (Wildman–Crippen MR) is 121 cm³/mol. The Hall–Kier alpha value is -2.68. The highest BCUT2D eigenvalue weighted by molar-refractivity contribution is 7.09. The van der Waals surface area contributed by atoms with Crippen LogP contribution in [0, 0.1) is 0 Å². The molecule has 30 heavy (non-hydrogen) atoms. The zero-order valence-corrected chi connectivity index (χ0v) is 18.7. The maximum atomic E-state index is 11.5. The Morgan fingerprint density at radius 3 is 2.53 bits per heavy atom. The number of aliphatic imine (C=N–C) groups is 1. The number of anilines is 1. The van der Waals surface area contributed by atoms with Crippen molar-refractivity contribution in [3.05, 3.63) is 41.2 Å². The summed E-state index contributed by atoms with van der Waals surface area (Å²) < 4.78 is 9.14. The van der Waals surface area contributed by atoms with Crippen molar-refractivity contribution in [2.75, 3.05) is 51.3 Å². The molecule has 0 saturated carbocycles. The summed E-state index contributed by atoms with van der Waals surface area (Å²) in [5.41, 5.74) is 1.72. The summed E-state index contributed by atoms with van der Waals surface area (Å²) in [4.78, 5) is 25.6. The number of piperazine rings is 1. The molecule has 0 spiro atoms. The SMILES string of the molecule is CCNC(=NCCc1ccc(C(=O)OC)cc1)N1CCN(c2nc(CC)ns2)CC1. The average Bonchev–Trinajstić information content (AvgIpc) is 3.28. The quantitative estimate of drug-likeness (QED) is 0.410. The van der Waals surface area contributed by atoms with Crippen LogP contribution in [0.15, 0.2) is 29.3 Å². The van der Waals surface area contributed by atoms with Crippen molar-refractivity contribution in [3.63, 3.8) is 0 Å². The second-order valence-corrected chi connectivity index (χ2v) is 7.73. The largest absolute Gasteiger partial charge is 0.465 e. The van der Waals surface area contributed by atoms with E-state index in [1.165, 1.54) is 18.6 Å². The number of methoxy groups -OCH3 is 1. The lowest BCUT2D eigenvalue weighted by Gasteiger charge is -2.36. The number of nitrogens with zero attached hydrogens (tertiary/aromatic N) is 5. The number of carbonyl (C=O) groups is 1. The Bertz CT molecular complexity index is 843. The van der Waals surface area contributed by atoms with E-state index in [2.05, 4.69) is 38.3 Å². The number of ether oxygens (including phenoxy) is 1. The Kier molecular flexibility index (Phi) is 8.01. The number of nitrogens with one attached hydrogen (secondary N) is 1. The third-order valence-electron chi connectivity index (χ3n) is 5.00. The van der Waals surface area contributed by atoms with Gasteiger partial charge in [-0.3, -0.25) is 4.99 Å². The van der Waals surface area contributed by atoms with E-state index < -0.39 is 0 Å². The van der Waals surface area contributed by atoms with E-state index >= 15 is 0 Å². The monoisotopic (exact) mass is 430 g/mol. The molecule has 0 amide bonds. The maximum Gasteiger partial charge on any atom is 0.337 e. The van der Waals surface area contributed by atoms with Gasteiger partial charge in [0.25, 0.3) is 0 Å². The number of hydrogen-bond donors (Lipinski definition) is 1. The molecule has 1 aromatic carbocycles. The number of hydrogen-bond acceptors (Lipinski definition) is 7. The Morgan fingerprint density at radius 1 is 1.20 bits per heavy atom. The lowest BCUT2D eigenvalue weighted by molar-refractivity contribution is 0.0600. The van der Waals surface area contributed by atoms with Gasteiger partial charge in [-0.05, 0) is 31.0 Å². The second kappa shape index (κ2) is 10.9. The Labute approximate surface area is 182 Å². The zero-order chi connectivity index (χ0) is 21.3. The number of aryl methyl sites for hydroxylation is 1. The summed E-state index contributed by atoms with van der Waals surface area (Å²) in [5.74, 6) is 1.56. The van der Waals surface area contributed by atoms with E-state index in [-0.39, 0.29) is 5.97 Å². The molecule has 0 aliphatic carbocycles. The van der Waals surface area contributed by atoms with Gasteiger partial charge >= 0.3 is 5.97 Å². The summed E-state index contributed by atoms with van der Waals surface area (Å²) in [5, 5.41) is 4.43. The van der Waals surface area contributed by atoms with Crippen LogP contribution in [-0.2, 0) is 17.6 Å². The third-order valence-corrected chi connectivity index (χ3v) is 5.81. The molecule has 1 N–H and O–H groups in total. The summed E-state index contributed by atoms with van der Waals surface area (Å²) >= 11 is 1.49. The van der Waals surface area contributed by atoms with Gasteiger partial charge in [-0.1, -0.05) is 19.1 Å². The van der Waals surface area contributed by atoms with Gasteiger partial charge in [-0.25, -0.2) is 9.78 Å². The fraction of sp³-hybridized carbons (Fsp3) is 0.524. The van der Waals surface area contributed by atoms with Crippen LogP contribution in [-0.4, -0.2) is 72.6 Å². The molecule has 0 bridgehead atoms. The molecule has 2 aromatic rings. The highest BCUT2D eigenvalue weighted by atomic mass is 32.1. The summed E-state index contributed by atoms with van der Waals surface area (Å²) in [6.45, 7) is 9.33. The second-order valence-electron chi connectivity index (χ2n) is 6.99. The first-order chi connectivity index (χ1) is 14.6. The van der Waals surface area contributed by atoms with Crippen molar-refractivity contribution in [2.24, 2.45) is 4.99 Å². The molecule has 9 heteroatoms. The van der Waals surface area contributed by atoms with E-state index in [4.69, 9.17) is 9.73 Å². The molecule has 162 valence electrons. The Morgan fingerprint density at radius 2 is 1.93 bits per heavy atom. The van der Waals surface area contributed by atoms with E-state index in [0.29, 0.717) is 12.1 Å². The number of aromatic nitrogens is 2. The number of guanidine groups is 1. The zero-order valence-electron chi connectivity index (χ0n) is 17.9. The van der Waals surface area contributed by atoms with Gasteiger partial charge in [0.05, 0.1) is 12.7 Å². The average molecular weight is 431 g/mol. The van der Waals surface area contributed by atoms with E-state index in [1.54, 1.807) is 12.1 Å². The molecule has 1 aliphatic rings. The van der Waals surface area contributed by atoms with Gasteiger partial charge in [-0.2, -0.15) is 4.37 Å². The fourth-order valence-electron chi connectivity index (χ4n) is 3.27. The molecule has 3 rings (SSSR count). The van der Waals surface area contributed by atoms with Crippen molar-refractivity contribution in [2.45, 2.75) is 26.7 Å². The van der Waals surface area contributed by atoms with E-state index in [1.807, 2.05) is 12.1 Å². The third kappa shape index (κ3) is 5.69. The minimum absolute atomic E-state index is 0.312. The van der Waals surface area contributed by atoms with Gasteiger partial charge in [0.15, 0.2) is 5.96 Å². The minimum Gasteiger partial charge on any atom is -0.465 e. The standard InChI is InChI=1S/C21H30N6O2S/c1-4-18-24-21(30-25-18)27-14-12-26(13-15-27)20(22-5-2)23-11-10-16-6-8-17(9-7-16)19(28)29-3/h6-9H,4-5,10-15H2,1-3H3,(H,22,23). The molecular weight excluding hydrogens is 400 g/mol. The molecule has 0 radical (unpaired) electrons. The molecule has 0 atom stereocenters. The molecule has 8 nitrogen and oxygen atoms in total. The molecule has 0 unspecified atom stereocenters. The molecule has 1 saturated heterocycles. The fourth-order valence-corrected chi connectivity index (χ4v) is 4.07. The van der Waals surface area contributed by atoms with Crippen molar-refractivity contribution < 1.29 is 9.53 Å². The number of esters is 1. The van der Waals surface area contributed by atoms with Crippen LogP contribution < -0.4 is 10.2 Å². The Balaban J connectivity index is 1.53. The van der Waals surface area contributed by atoms with Gasteiger partial charge in [-0.15, -0.1) is 0 Å². The van der Waals surface area contributed by atoms with Crippen LogP contribution in [0.2, 0.25) is 0 Å². The van der Waals surface area contributed by atoms with Crippen molar-refractivity contribution in [1.29, 1.82) is 0 Å². The van der Waals surface area contributed by atoms with Crippen LogP contribution in [0.4, 0.5) is 5.13 Å².